The number of non-ortho nitro benzene ring substituents is 1. The van der Waals surface area contributed by atoms with E-state index in [0.29, 0.717) is 81.8 Å². The number of hydrogen-bond acceptors (Lipinski definition) is 10. The average Bonchev–Trinajstić information content (AvgIpc) is 3.42. The van der Waals surface area contributed by atoms with E-state index in [9.17, 15) is 19.7 Å². The first kappa shape index (κ1) is 36.3. The van der Waals surface area contributed by atoms with E-state index in [1.54, 1.807) is 40.1 Å². The Morgan fingerprint density at radius 1 is 0.588 bits per heavy atom. The molecule has 0 unspecified atom stereocenters. The summed E-state index contributed by atoms with van der Waals surface area (Å²) in [7, 11) is 9.06. The summed E-state index contributed by atoms with van der Waals surface area (Å²) in [4.78, 5) is 43.1. The first-order valence-corrected chi connectivity index (χ1v) is 16.2. The van der Waals surface area contributed by atoms with Gasteiger partial charge in [0.25, 0.3) is 17.5 Å². The second-order valence-electron chi connectivity index (χ2n) is 11.8. The monoisotopic (exact) mass is 699 g/mol. The Kier molecular flexibility index (Phi) is 11.2. The van der Waals surface area contributed by atoms with Crippen LogP contribution in [0.15, 0.2) is 60.7 Å². The van der Waals surface area contributed by atoms with Crippen LogP contribution in [0.1, 0.15) is 32.7 Å². The minimum Gasteiger partial charge on any atom is -0.493 e. The summed E-state index contributed by atoms with van der Waals surface area (Å²) in [5.41, 5.74) is 3.73. The van der Waals surface area contributed by atoms with Gasteiger partial charge in [0, 0.05) is 43.9 Å². The SMILES string of the molecule is COc1cc(-c2ccc(C)cc2C(=O)N2CCCN(C(=O)c3cc([N+](=O)[O-])ccc3-c3cc(OC)c(OC)c(OC)c3)CC2)cc(OC)c1OC. The molecule has 0 atom stereocenters. The third-order valence-corrected chi connectivity index (χ3v) is 8.87. The van der Waals surface area contributed by atoms with E-state index in [2.05, 4.69) is 0 Å². The van der Waals surface area contributed by atoms with Gasteiger partial charge in [-0.2, -0.15) is 0 Å². The van der Waals surface area contributed by atoms with Gasteiger partial charge in [0.1, 0.15) is 0 Å². The van der Waals surface area contributed by atoms with Crippen LogP contribution in [0, 0.1) is 17.0 Å². The smallest absolute Gasteiger partial charge is 0.270 e. The highest BCUT2D eigenvalue weighted by atomic mass is 16.6. The molecule has 268 valence electrons. The number of nitrogens with zero attached hydrogens (tertiary/aromatic N) is 3. The number of nitro benzene ring substituents is 1. The lowest BCUT2D eigenvalue weighted by molar-refractivity contribution is -0.384. The predicted molar refractivity (Wildman–Crippen MR) is 191 cm³/mol. The Hall–Kier alpha value is -5.98. The van der Waals surface area contributed by atoms with Crippen LogP contribution >= 0.6 is 0 Å². The summed E-state index contributed by atoms with van der Waals surface area (Å²) < 4.78 is 33.1. The van der Waals surface area contributed by atoms with E-state index >= 15 is 0 Å². The van der Waals surface area contributed by atoms with Gasteiger partial charge in [0.15, 0.2) is 23.0 Å². The zero-order valence-corrected chi connectivity index (χ0v) is 29.7. The third-order valence-electron chi connectivity index (χ3n) is 8.87. The normalized spacial score (nSPS) is 12.8. The largest absolute Gasteiger partial charge is 0.493 e. The quantitative estimate of drug-likeness (QED) is 0.130. The van der Waals surface area contributed by atoms with E-state index < -0.39 is 10.8 Å². The van der Waals surface area contributed by atoms with Gasteiger partial charge in [0.05, 0.1) is 53.1 Å². The summed E-state index contributed by atoms with van der Waals surface area (Å²) in [5.74, 6) is 1.89. The van der Waals surface area contributed by atoms with Crippen molar-refractivity contribution >= 4 is 17.5 Å². The molecule has 4 aromatic rings. The van der Waals surface area contributed by atoms with Gasteiger partial charge >= 0.3 is 0 Å². The zero-order chi connectivity index (χ0) is 36.8. The van der Waals surface area contributed by atoms with Crippen molar-refractivity contribution in [2.45, 2.75) is 13.3 Å². The molecule has 4 aromatic carbocycles. The number of rotatable bonds is 11. The molecule has 13 heteroatoms. The number of methoxy groups -OCH3 is 6. The summed E-state index contributed by atoms with van der Waals surface area (Å²) in [6.45, 7) is 3.13. The Morgan fingerprint density at radius 3 is 1.39 bits per heavy atom. The molecule has 0 bridgehead atoms. The number of carbonyl (C=O) groups is 2. The molecule has 0 aliphatic carbocycles. The number of benzene rings is 4. The predicted octanol–water partition coefficient (Wildman–Crippen LogP) is 6.28. The van der Waals surface area contributed by atoms with Gasteiger partial charge in [-0.3, -0.25) is 19.7 Å². The highest BCUT2D eigenvalue weighted by Gasteiger charge is 2.29. The molecule has 0 saturated carbocycles. The van der Waals surface area contributed by atoms with Crippen LogP contribution in [0.25, 0.3) is 22.3 Å². The van der Waals surface area contributed by atoms with E-state index in [-0.39, 0.29) is 30.2 Å². The fourth-order valence-corrected chi connectivity index (χ4v) is 6.30. The number of amides is 2. The number of ether oxygens (including phenoxy) is 6. The molecular formula is C38H41N3O10. The topological polar surface area (TPSA) is 139 Å². The van der Waals surface area contributed by atoms with Crippen molar-refractivity contribution in [3.8, 4) is 56.8 Å². The molecule has 5 rings (SSSR count). The van der Waals surface area contributed by atoms with Gasteiger partial charge in [-0.15, -0.1) is 0 Å². The Balaban J connectivity index is 1.46. The fourth-order valence-electron chi connectivity index (χ4n) is 6.30. The van der Waals surface area contributed by atoms with Crippen molar-refractivity contribution in [3.05, 3.63) is 87.5 Å². The lowest BCUT2D eigenvalue weighted by atomic mass is 9.96. The van der Waals surface area contributed by atoms with Gasteiger partial charge in [-0.25, -0.2) is 0 Å². The second kappa shape index (κ2) is 15.7. The molecule has 51 heavy (non-hydrogen) atoms. The van der Waals surface area contributed by atoms with E-state index in [1.165, 1.54) is 54.8 Å². The van der Waals surface area contributed by atoms with Crippen LogP contribution in [-0.2, 0) is 0 Å². The highest BCUT2D eigenvalue weighted by molar-refractivity contribution is 6.03. The molecule has 0 aromatic heterocycles. The van der Waals surface area contributed by atoms with Crippen LogP contribution < -0.4 is 28.4 Å². The van der Waals surface area contributed by atoms with Crippen LogP contribution in [-0.4, -0.2) is 95.4 Å². The van der Waals surface area contributed by atoms with E-state index in [0.717, 1.165) is 5.56 Å². The van der Waals surface area contributed by atoms with Gasteiger partial charge in [0.2, 0.25) is 11.5 Å². The number of aryl methyl sites for hydroxylation is 1. The molecule has 0 radical (unpaired) electrons. The Labute approximate surface area is 296 Å². The summed E-state index contributed by atoms with van der Waals surface area (Å²) >= 11 is 0. The third kappa shape index (κ3) is 7.32. The van der Waals surface area contributed by atoms with Crippen LogP contribution in [0.2, 0.25) is 0 Å². The van der Waals surface area contributed by atoms with Crippen LogP contribution in [0.4, 0.5) is 5.69 Å². The maximum atomic E-state index is 14.2. The highest BCUT2D eigenvalue weighted by Crippen LogP contribution is 2.44. The first-order valence-electron chi connectivity index (χ1n) is 16.2. The maximum Gasteiger partial charge on any atom is 0.270 e. The minimum atomic E-state index is -0.536. The van der Waals surface area contributed by atoms with Crippen molar-refractivity contribution in [3.63, 3.8) is 0 Å². The lowest BCUT2D eigenvalue weighted by Crippen LogP contribution is -2.37. The Bertz CT molecular complexity index is 1910. The van der Waals surface area contributed by atoms with Crippen molar-refractivity contribution in [2.24, 2.45) is 0 Å². The van der Waals surface area contributed by atoms with Crippen LogP contribution in [0.5, 0.6) is 34.5 Å². The molecule has 1 heterocycles. The molecule has 1 saturated heterocycles. The van der Waals surface area contributed by atoms with Gasteiger partial charge in [-0.05, 0) is 72.0 Å². The van der Waals surface area contributed by atoms with Crippen molar-refractivity contribution in [1.82, 2.24) is 9.80 Å². The summed E-state index contributed by atoms with van der Waals surface area (Å²) in [6.07, 6.45) is 0.497. The maximum absolute atomic E-state index is 14.2. The fraction of sp³-hybridized carbons (Fsp3) is 0.316. The van der Waals surface area contributed by atoms with E-state index in [4.69, 9.17) is 28.4 Å². The molecule has 2 amide bonds. The summed E-state index contributed by atoms with van der Waals surface area (Å²) in [5, 5.41) is 11.8. The van der Waals surface area contributed by atoms with Crippen molar-refractivity contribution in [2.75, 3.05) is 68.8 Å². The molecule has 13 nitrogen and oxygen atoms in total. The zero-order valence-electron chi connectivity index (χ0n) is 29.7. The molecule has 0 N–H and O–H groups in total. The number of nitro groups is 1. The summed E-state index contributed by atoms with van der Waals surface area (Å²) in [6, 6.07) is 16.8. The lowest BCUT2D eigenvalue weighted by Gasteiger charge is -2.24. The second-order valence-corrected chi connectivity index (χ2v) is 11.8. The van der Waals surface area contributed by atoms with Gasteiger partial charge in [-0.1, -0.05) is 17.7 Å². The van der Waals surface area contributed by atoms with Crippen LogP contribution in [0.3, 0.4) is 0 Å². The molecule has 1 fully saturated rings. The van der Waals surface area contributed by atoms with Crippen molar-refractivity contribution in [1.29, 1.82) is 0 Å². The van der Waals surface area contributed by atoms with Crippen molar-refractivity contribution < 1.29 is 42.9 Å². The molecular weight excluding hydrogens is 658 g/mol. The van der Waals surface area contributed by atoms with E-state index in [1.807, 2.05) is 25.1 Å². The standard InChI is InChI=1S/C38H41N3O10/c1-23-9-11-27(24-18-31(46-2)35(50-6)32(19-24)47-3)29(17-23)37(42)39-13-8-14-40(16-15-39)38(43)30-22-26(41(44)45)10-12-28(30)25-20-33(48-4)36(51-7)34(21-25)49-5/h9-12,17-22H,8,13-16H2,1-7H3. The molecule has 1 aliphatic rings. The number of hydrogen-bond donors (Lipinski definition) is 0. The average molecular weight is 700 g/mol. The minimum absolute atomic E-state index is 0.140. The Morgan fingerprint density at radius 2 is 1.00 bits per heavy atom. The number of carbonyl (C=O) groups excluding carboxylic acids is 2. The molecule has 1 aliphatic heterocycles. The molecule has 0 spiro atoms. The first-order chi connectivity index (χ1) is 24.6. The van der Waals surface area contributed by atoms with Gasteiger partial charge < -0.3 is 38.2 Å².